The molecule has 0 heterocycles. The van der Waals surface area contributed by atoms with Crippen molar-refractivity contribution in [2.75, 3.05) is 6.54 Å². The summed E-state index contributed by atoms with van der Waals surface area (Å²) in [6.45, 7) is 0.0741. The standard InChI is InChI=1S/C11H18F3N3O2/c1-10(16,11(12,13)14)9(19)17(6-8(15)18)7-4-2-3-5-7/h7H,2-6,16H2,1H3,(H2,15,18). The molecule has 8 heteroatoms. The summed E-state index contributed by atoms with van der Waals surface area (Å²) >= 11 is 0. The van der Waals surface area contributed by atoms with E-state index in [-0.39, 0.29) is 0 Å². The second-order valence-corrected chi connectivity index (χ2v) is 5.04. The summed E-state index contributed by atoms with van der Waals surface area (Å²) in [4.78, 5) is 23.8. The van der Waals surface area contributed by atoms with Gasteiger partial charge in [-0.3, -0.25) is 9.59 Å². The Balaban J connectivity index is 2.97. The molecule has 2 amide bonds. The van der Waals surface area contributed by atoms with E-state index in [9.17, 15) is 22.8 Å². The molecule has 1 atom stereocenters. The van der Waals surface area contributed by atoms with Gasteiger partial charge >= 0.3 is 6.18 Å². The van der Waals surface area contributed by atoms with Crippen LogP contribution >= 0.6 is 0 Å². The molecule has 0 bridgehead atoms. The largest absolute Gasteiger partial charge is 0.415 e. The third-order valence-electron chi connectivity index (χ3n) is 3.39. The van der Waals surface area contributed by atoms with Crippen molar-refractivity contribution >= 4 is 11.8 Å². The fraction of sp³-hybridized carbons (Fsp3) is 0.818. The number of hydrogen-bond acceptors (Lipinski definition) is 3. The van der Waals surface area contributed by atoms with E-state index in [4.69, 9.17) is 11.5 Å². The van der Waals surface area contributed by atoms with Gasteiger partial charge in [0.25, 0.3) is 5.91 Å². The Hall–Kier alpha value is -1.31. The molecule has 1 rings (SSSR count). The van der Waals surface area contributed by atoms with Gasteiger partial charge in [0, 0.05) is 6.04 Å². The smallest absolute Gasteiger partial charge is 0.368 e. The van der Waals surface area contributed by atoms with Gasteiger partial charge < -0.3 is 16.4 Å². The number of primary amides is 1. The van der Waals surface area contributed by atoms with Gasteiger partial charge in [-0.25, -0.2) is 0 Å². The van der Waals surface area contributed by atoms with Gasteiger partial charge in [-0.15, -0.1) is 0 Å². The van der Waals surface area contributed by atoms with E-state index in [0.717, 1.165) is 17.7 Å². The summed E-state index contributed by atoms with van der Waals surface area (Å²) in [6, 6.07) is -0.398. The summed E-state index contributed by atoms with van der Waals surface area (Å²) in [5, 5.41) is 0. The van der Waals surface area contributed by atoms with Crippen molar-refractivity contribution < 1.29 is 22.8 Å². The number of amides is 2. The van der Waals surface area contributed by atoms with Crippen molar-refractivity contribution in [2.45, 2.75) is 50.4 Å². The maximum atomic E-state index is 12.8. The summed E-state index contributed by atoms with van der Waals surface area (Å²) in [7, 11) is 0. The van der Waals surface area contributed by atoms with Crippen molar-refractivity contribution in [1.82, 2.24) is 4.90 Å². The van der Waals surface area contributed by atoms with Gasteiger partial charge in [-0.2, -0.15) is 13.2 Å². The van der Waals surface area contributed by atoms with E-state index in [1.807, 2.05) is 0 Å². The Kier molecular flexibility index (Phi) is 4.44. The zero-order chi connectivity index (χ0) is 14.8. The molecular formula is C11H18F3N3O2. The lowest BCUT2D eigenvalue weighted by molar-refractivity contribution is -0.195. The Bertz CT molecular complexity index is 363. The molecule has 1 aliphatic carbocycles. The SMILES string of the molecule is CC(N)(C(=O)N(CC(N)=O)C1CCCC1)C(F)(F)F. The predicted octanol–water partition coefficient (Wildman–Crippen LogP) is 0.523. The minimum absolute atomic E-state index is 0.398. The number of nitrogens with zero attached hydrogens (tertiary/aromatic N) is 1. The molecule has 4 N–H and O–H groups in total. The zero-order valence-electron chi connectivity index (χ0n) is 10.7. The Morgan fingerprint density at radius 2 is 1.74 bits per heavy atom. The van der Waals surface area contributed by atoms with E-state index >= 15 is 0 Å². The van der Waals surface area contributed by atoms with Crippen LogP contribution in [0, 0.1) is 0 Å². The Labute approximate surface area is 109 Å². The lowest BCUT2D eigenvalue weighted by Crippen LogP contribution is -2.64. The number of carbonyl (C=O) groups excluding carboxylic acids is 2. The van der Waals surface area contributed by atoms with Crippen LogP contribution in [-0.4, -0.2) is 41.0 Å². The number of rotatable bonds is 4. The lowest BCUT2D eigenvalue weighted by atomic mass is 9.99. The van der Waals surface area contributed by atoms with Gasteiger partial charge in [0.2, 0.25) is 5.91 Å². The summed E-state index contributed by atoms with van der Waals surface area (Å²) in [6.07, 6.45) is -2.14. The number of hydrogen-bond donors (Lipinski definition) is 2. The van der Waals surface area contributed by atoms with Crippen LogP contribution in [-0.2, 0) is 9.59 Å². The van der Waals surface area contributed by atoms with Crippen molar-refractivity contribution in [1.29, 1.82) is 0 Å². The minimum Gasteiger partial charge on any atom is -0.368 e. The molecule has 0 aromatic rings. The first-order chi connectivity index (χ1) is 8.57. The molecule has 0 aromatic carbocycles. The van der Waals surface area contributed by atoms with Gasteiger partial charge in [0.05, 0.1) is 6.54 Å². The molecule has 0 radical (unpaired) electrons. The molecule has 0 aromatic heterocycles. The number of nitrogens with two attached hydrogens (primary N) is 2. The highest BCUT2D eigenvalue weighted by molar-refractivity contribution is 5.90. The normalized spacial score (nSPS) is 20.1. The molecule has 0 spiro atoms. The quantitative estimate of drug-likeness (QED) is 0.787. The van der Waals surface area contributed by atoms with E-state index in [2.05, 4.69) is 0 Å². The average molecular weight is 281 g/mol. The first kappa shape index (κ1) is 15.7. The van der Waals surface area contributed by atoms with Crippen LogP contribution in [0.4, 0.5) is 13.2 Å². The van der Waals surface area contributed by atoms with Crippen LogP contribution in [0.5, 0.6) is 0 Å². The van der Waals surface area contributed by atoms with Gasteiger partial charge in [0.15, 0.2) is 5.54 Å². The van der Waals surface area contributed by atoms with Crippen LogP contribution in [0.2, 0.25) is 0 Å². The highest BCUT2D eigenvalue weighted by atomic mass is 19.4. The third-order valence-corrected chi connectivity index (χ3v) is 3.39. The molecule has 0 aliphatic heterocycles. The molecule has 1 aliphatic rings. The fourth-order valence-corrected chi connectivity index (χ4v) is 2.17. The number of alkyl halides is 3. The van der Waals surface area contributed by atoms with E-state index in [0.29, 0.717) is 19.8 Å². The zero-order valence-corrected chi connectivity index (χ0v) is 10.7. The molecule has 110 valence electrons. The van der Waals surface area contributed by atoms with Crippen LogP contribution in [0.15, 0.2) is 0 Å². The molecule has 19 heavy (non-hydrogen) atoms. The van der Waals surface area contributed by atoms with Crippen LogP contribution in [0.1, 0.15) is 32.6 Å². The molecule has 1 unspecified atom stereocenters. The summed E-state index contributed by atoms with van der Waals surface area (Å²) in [5.74, 6) is -2.15. The predicted molar refractivity (Wildman–Crippen MR) is 61.8 cm³/mol. The lowest BCUT2D eigenvalue weighted by Gasteiger charge is -2.35. The minimum atomic E-state index is -4.88. The van der Waals surface area contributed by atoms with Crippen molar-refractivity contribution in [3.05, 3.63) is 0 Å². The van der Waals surface area contributed by atoms with Gasteiger partial charge in [0.1, 0.15) is 0 Å². The molecule has 1 fully saturated rings. The third kappa shape index (κ3) is 3.37. The molecule has 5 nitrogen and oxygen atoms in total. The number of carbonyl (C=O) groups is 2. The second-order valence-electron chi connectivity index (χ2n) is 5.04. The highest BCUT2D eigenvalue weighted by Gasteiger charge is 2.56. The Morgan fingerprint density at radius 3 is 2.11 bits per heavy atom. The topological polar surface area (TPSA) is 89.4 Å². The molecule has 0 saturated heterocycles. The molecule has 1 saturated carbocycles. The summed E-state index contributed by atoms with van der Waals surface area (Å²) < 4.78 is 38.3. The Morgan fingerprint density at radius 1 is 1.26 bits per heavy atom. The van der Waals surface area contributed by atoms with Gasteiger partial charge in [-0.05, 0) is 19.8 Å². The van der Waals surface area contributed by atoms with E-state index < -0.39 is 36.1 Å². The maximum Gasteiger partial charge on any atom is 0.415 e. The highest BCUT2D eigenvalue weighted by Crippen LogP contribution is 2.32. The van der Waals surface area contributed by atoms with Crippen molar-refractivity contribution in [2.24, 2.45) is 11.5 Å². The first-order valence-electron chi connectivity index (χ1n) is 6.02. The average Bonchev–Trinajstić information content (AvgIpc) is 2.76. The van der Waals surface area contributed by atoms with E-state index in [1.165, 1.54) is 0 Å². The van der Waals surface area contributed by atoms with Crippen molar-refractivity contribution in [3.8, 4) is 0 Å². The number of halogens is 3. The second kappa shape index (κ2) is 5.36. The van der Waals surface area contributed by atoms with Gasteiger partial charge in [-0.1, -0.05) is 12.8 Å². The molecular weight excluding hydrogens is 263 g/mol. The monoisotopic (exact) mass is 281 g/mol. The van der Waals surface area contributed by atoms with Crippen LogP contribution in [0.25, 0.3) is 0 Å². The summed E-state index contributed by atoms with van der Waals surface area (Å²) in [5.41, 5.74) is 7.10. The van der Waals surface area contributed by atoms with Crippen LogP contribution in [0.3, 0.4) is 0 Å². The maximum absolute atomic E-state index is 12.8. The van der Waals surface area contributed by atoms with E-state index in [1.54, 1.807) is 0 Å². The fourth-order valence-electron chi connectivity index (χ4n) is 2.17. The van der Waals surface area contributed by atoms with Crippen molar-refractivity contribution in [3.63, 3.8) is 0 Å². The van der Waals surface area contributed by atoms with Crippen LogP contribution < -0.4 is 11.5 Å². The first-order valence-corrected chi connectivity index (χ1v) is 6.02.